The van der Waals surface area contributed by atoms with E-state index in [0.717, 1.165) is 12.1 Å². The number of hydrogen-bond acceptors (Lipinski definition) is 5. The molecule has 0 amide bonds. The first-order chi connectivity index (χ1) is 9.63. The number of aliphatic hydroxyl groups excluding tert-OH is 1. The predicted octanol–water partition coefficient (Wildman–Crippen LogP) is 0.930. The molecule has 0 radical (unpaired) electrons. The fourth-order valence-electron chi connectivity index (χ4n) is 1.98. The molecule has 0 aliphatic rings. The van der Waals surface area contributed by atoms with Gasteiger partial charge in [-0.05, 0) is 20.2 Å². The highest BCUT2D eigenvalue weighted by molar-refractivity contribution is 5.33. The Morgan fingerprint density at radius 1 is 1.40 bits per heavy atom. The zero-order valence-electron chi connectivity index (χ0n) is 12.0. The zero-order chi connectivity index (χ0) is 14.5. The van der Waals surface area contributed by atoms with Crippen molar-refractivity contribution in [1.82, 2.24) is 19.7 Å². The number of hydrogen-bond donors (Lipinski definition) is 1. The molecule has 20 heavy (non-hydrogen) atoms. The van der Waals surface area contributed by atoms with Gasteiger partial charge in [-0.2, -0.15) is 5.10 Å². The van der Waals surface area contributed by atoms with Crippen LogP contribution in [0.5, 0.6) is 5.75 Å². The second-order valence-electron chi connectivity index (χ2n) is 4.81. The van der Waals surface area contributed by atoms with E-state index in [-0.39, 0.29) is 0 Å². The lowest BCUT2D eigenvalue weighted by molar-refractivity contribution is 0.200. The minimum Gasteiger partial charge on any atom is -0.493 e. The molecule has 6 heteroatoms. The van der Waals surface area contributed by atoms with E-state index in [0.29, 0.717) is 18.0 Å². The van der Waals surface area contributed by atoms with E-state index in [9.17, 15) is 5.11 Å². The topological polar surface area (TPSA) is 63.4 Å². The molecule has 1 N–H and O–H groups in total. The maximum atomic E-state index is 10.5. The molecule has 0 spiro atoms. The van der Waals surface area contributed by atoms with Crippen molar-refractivity contribution in [2.45, 2.75) is 12.6 Å². The third-order valence-electron chi connectivity index (χ3n) is 3.08. The summed E-state index contributed by atoms with van der Waals surface area (Å²) in [6.07, 6.45) is 4.15. The summed E-state index contributed by atoms with van der Waals surface area (Å²) in [6.45, 7) is 1.51. The Morgan fingerprint density at radius 2 is 2.20 bits per heavy atom. The van der Waals surface area contributed by atoms with Crippen LogP contribution in [0.1, 0.15) is 17.4 Å². The van der Waals surface area contributed by atoms with Crippen molar-refractivity contribution in [1.29, 1.82) is 0 Å². The number of likely N-dealkylation sites (N-methyl/N-ethyl adjacent to an activating group) is 1. The van der Waals surface area contributed by atoms with Gasteiger partial charge in [0.15, 0.2) is 5.75 Å². The molecule has 2 aromatic rings. The molecule has 1 unspecified atom stereocenters. The minimum atomic E-state index is -0.802. The van der Waals surface area contributed by atoms with E-state index >= 15 is 0 Å². The summed E-state index contributed by atoms with van der Waals surface area (Å²) in [5.74, 6) is 0.583. The van der Waals surface area contributed by atoms with E-state index < -0.39 is 6.10 Å². The van der Waals surface area contributed by atoms with Gasteiger partial charge in [0, 0.05) is 24.5 Å². The number of aliphatic hydroxyl groups is 1. The molecular formula is C14H20N4O2. The molecule has 0 aromatic carbocycles. The smallest absolute Gasteiger partial charge is 0.163 e. The molecule has 2 rings (SSSR count). The Kier molecular flexibility index (Phi) is 4.70. The summed E-state index contributed by atoms with van der Waals surface area (Å²) < 4.78 is 7.07. The molecule has 0 bridgehead atoms. The van der Waals surface area contributed by atoms with Gasteiger partial charge in [0.2, 0.25) is 0 Å². The maximum absolute atomic E-state index is 10.5. The number of ether oxygens (including phenoxy) is 1. The van der Waals surface area contributed by atoms with Crippen molar-refractivity contribution in [2.24, 2.45) is 0 Å². The zero-order valence-corrected chi connectivity index (χ0v) is 12.0. The second kappa shape index (κ2) is 6.49. The van der Waals surface area contributed by atoms with Gasteiger partial charge in [0.05, 0.1) is 19.9 Å². The Labute approximate surface area is 118 Å². The SMILES string of the molecule is COc1cnn(CCN(C)C)c1C(O)c1cccnc1. The van der Waals surface area contributed by atoms with Crippen molar-refractivity contribution >= 4 is 0 Å². The van der Waals surface area contributed by atoms with Crippen LogP contribution in [0.3, 0.4) is 0 Å². The molecule has 2 heterocycles. The molecule has 2 aromatic heterocycles. The van der Waals surface area contributed by atoms with Gasteiger partial charge < -0.3 is 14.7 Å². The summed E-state index contributed by atoms with van der Waals surface area (Å²) in [6, 6.07) is 3.63. The Balaban J connectivity index is 2.30. The van der Waals surface area contributed by atoms with Crippen LogP contribution in [0.4, 0.5) is 0 Å². The fourth-order valence-corrected chi connectivity index (χ4v) is 1.98. The molecule has 0 fully saturated rings. The maximum Gasteiger partial charge on any atom is 0.163 e. The van der Waals surface area contributed by atoms with E-state index in [1.54, 1.807) is 36.4 Å². The lowest BCUT2D eigenvalue weighted by atomic mass is 10.1. The molecule has 0 saturated carbocycles. The van der Waals surface area contributed by atoms with Crippen LogP contribution in [0.25, 0.3) is 0 Å². The molecule has 0 aliphatic carbocycles. The highest BCUT2D eigenvalue weighted by Gasteiger charge is 2.21. The molecule has 0 saturated heterocycles. The molecule has 6 nitrogen and oxygen atoms in total. The van der Waals surface area contributed by atoms with E-state index in [2.05, 4.69) is 15.0 Å². The van der Waals surface area contributed by atoms with Crippen molar-refractivity contribution in [2.75, 3.05) is 27.7 Å². The monoisotopic (exact) mass is 276 g/mol. The van der Waals surface area contributed by atoms with Crippen LogP contribution in [0.15, 0.2) is 30.7 Å². The van der Waals surface area contributed by atoms with Gasteiger partial charge in [-0.25, -0.2) is 0 Å². The van der Waals surface area contributed by atoms with Crippen molar-refractivity contribution in [3.63, 3.8) is 0 Å². The number of aromatic nitrogens is 3. The average Bonchev–Trinajstić information content (AvgIpc) is 2.88. The Morgan fingerprint density at radius 3 is 2.80 bits per heavy atom. The van der Waals surface area contributed by atoms with Crippen LogP contribution < -0.4 is 4.74 Å². The fraction of sp³-hybridized carbons (Fsp3) is 0.429. The number of rotatable bonds is 6. The van der Waals surface area contributed by atoms with Crippen LogP contribution in [-0.2, 0) is 6.54 Å². The number of pyridine rings is 1. The second-order valence-corrected chi connectivity index (χ2v) is 4.81. The summed E-state index contributed by atoms with van der Waals surface area (Å²) >= 11 is 0. The standard InChI is InChI=1S/C14H20N4O2/c1-17(2)7-8-18-13(12(20-3)10-16-18)14(19)11-5-4-6-15-9-11/h4-6,9-10,14,19H,7-8H2,1-3H3. The molecule has 1 atom stereocenters. The van der Waals surface area contributed by atoms with Gasteiger partial charge in [-0.1, -0.05) is 6.07 Å². The largest absolute Gasteiger partial charge is 0.493 e. The summed E-state index contributed by atoms with van der Waals surface area (Å²) in [4.78, 5) is 6.10. The average molecular weight is 276 g/mol. The Hall–Kier alpha value is -1.92. The Bertz CT molecular complexity index is 539. The molecule has 0 aliphatic heterocycles. The third kappa shape index (κ3) is 3.15. The van der Waals surface area contributed by atoms with E-state index in [1.165, 1.54) is 0 Å². The van der Waals surface area contributed by atoms with Crippen LogP contribution in [-0.4, -0.2) is 52.5 Å². The van der Waals surface area contributed by atoms with Gasteiger partial charge in [-0.3, -0.25) is 9.67 Å². The third-order valence-corrected chi connectivity index (χ3v) is 3.08. The highest BCUT2D eigenvalue weighted by atomic mass is 16.5. The first kappa shape index (κ1) is 14.5. The first-order valence-corrected chi connectivity index (χ1v) is 6.46. The van der Waals surface area contributed by atoms with Crippen molar-refractivity contribution < 1.29 is 9.84 Å². The molecule has 108 valence electrons. The lowest BCUT2D eigenvalue weighted by Crippen LogP contribution is -2.21. The number of nitrogens with zero attached hydrogens (tertiary/aromatic N) is 4. The van der Waals surface area contributed by atoms with Gasteiger partial charge in [-0.15, -0.1) is 0 Å². The van der Waals surface area contributed by atoms with Gasteiger partial charge in [0.25, 0.3) is 0 Å². The van der Waals surface area contributed by atoms with Crippen LogP contribution in [0, 0.1) is 0 Å². The first-order valence-electron chi connectivity index (χ1n) is 6.46. The summed E-state index contributed by atoms with van der Waals surface area (Å²) in [5.41, 5.74) is 1.37. The van der Waals surface area contributed by atoms with Gasteiger partial charge in [0.1, 0.15) is 11.8 Å². The normalized spacial score (nSPS) is 12.7. The van der Waals surface area contributed by atoms with E-state index in [4.69, 9.17) is 4.74 Å². The summed E-state index contributed by atoms with van der Waals surface area (Å²) in [5, 5.41) is 14.8. The minimum absolute atomic E-state index is 0.583. The highest BCUT2D eigenvalue weighted by Crippen LogP contribution is 2.29. The van der Waals surface area contributed by atoms with Crippen molar-refractivity contribution in [3.8, 4) is 5.75 Å². The van der Waals surface area contributed by atoms with Crippen molar-refractivity contribution in [3.05, 3.63) is 42.0 Å². The quantitative estimate of drug-likeness (QED) is 0.850. The molecular weight excluding hydrogens is 256 g/mol. The van der Waals surface area contributed by atoms with Crippen LogP contribution in [0.2, 0.25) is 0 Å². The van der Waals surface area contributed by atoms with Gasteiger partial charge >= 0.3 is 0 Å². The van der Waals surface area contributed by atoms with Crippen LogP contribution >= 0.6 is 0 Å². The predicted molar refractivity (Wildman–Crippen MR) is 75.6 cm³/mol. The number of methoxy groups -OCH3 is 1. The summed E-state index contributed by atoms with van der Waals surface area (Å²) in [7, 11) is 5.57. The van der Waals surface area contributed by atoms with E-state index in [1.807, 2.05) is 20.2 Å². The lowest BCUT2D eigenvalue weighted by Gasteiger charge is -2.16.